The molecule has 1 aromatic carbocycles. The predicted octanol–water partition coefficient (Wildman–Crippen LogP) is 0.497. The van der Waals surface area contributed by atoms with Crippen LogP contribution in [0.25, 0.3) is 0 Å². The van der Waals surface area contributed by atoms with E-state index in [9.17, 15) is 9.90 Å². The smallest absolute Gasteiger partial charge is 0.241 e. The first-order valence-electron chi connectivity index (χ1n) is 8.21. The highest BCUT2D eigenvalue weighted by Gasteiger charge is 2.14. The lowest BCUT2D eigenvalue weighted by molar-refractivity contribution is -0.121. The highest BCUT2D eigenvalue weighted by atomic mass is 16.5. The van der Waals surface area contributed by atoms with Gasteiger partial charge in [0, 0.05) is 44.7 Å². The third-order valence-corrected chi connectivity index (χ3v) is 4.16. The number of likely N-dealkylation sites (N-methyl/N-ethyl adjacent to an activating group) is 1. The first kappa shape index (κ1) is 19.0. The molecule has 8 heteroatoms. The zero-order chi connectivity index (χ0) is 18.2. The number of carbonyl (C=O) groups excluding carboxylic acids is 1. The molecule has 2 rings (SSSR count). The summed E-state index contributed by atoms with van der Waals surface area (Å²) in [4.78, 5) is 16.4. The van der Waals surface area contributed by atoms with Crippen LogP contribution in [0.2, 0.25) is 0 Å². The van der Waals surface area contributed by atoms with Crippen LogP contribution in [0.15, 0.2) is 17.2 Å². The Morgan fingerprint density at radius 3 is 2.40 bits per heavy atom. The molecule has 1 heterocycles. The fourth-order valence-electron chi connectivity index (χ4n) is 2.55. The molecule has 0 spiro atoms. The van der Waals surface area contributed by atoms with Crippen molar-refractivity contribution in [1.82, 2.24) is 15.2 Å². The maximum Gasteiger partial charge on any atom is 0.241 e. The van der Waals surface area contributed by atoms with Gasteiger partial charge in [0.1, 0.15) is 0 Å². The van der Waals surface area contributed by atoms with Gasteiger partial charge in [-0.05, 0) is 19.2 Å². The number of methoxy groups -OCH3 is 2. The van der Waals surface area contributed by atoms with Crippen molar-refractivity contribution in [2.75, 3.05) is 54.0 Å². The van der Waals surface area contributed by atoms with Gasteiger partial charge in [0.2, 0.25) is 11.7 Å². The number of phenols is 1. The Kier molecular flexibility index (Phi) is 7.03. The Hall–Kier alpha value is -2.32. The molecule has 0 radical (unpaired) electrons. The number of hydrazone groups is 1. The number of phenolic OH excluding ortho intramolecular Hbond substituents is 1. The molecular formula is C17H26N4O4. The van der Waals surface area contributed by atoms with E-state index in [2.05, 4.69) is 27.4 Å². The molecule has 0 aromatic heterocycles. The molecule has 1 amide bonds. The summed E-state index contributed by atoms with van der Waals surface area (Å²) in [6.45, 7) is 4.77. The Balaban J connectivity index is 1.83. The van der Waals surface area contributed by atoms with Gasteiger partial charge >= 0.3 is 0 Å². The molecule has 1 aromatic rings. The lowest BCUT2D eigenvalue weighted by Gasteiger charge is -2.32. The maximum absolute atomic E-state index is 11.9. The van der Waals surface area contributed by atoms with E-state index in [1.165, 1.54) is 20.4 Å². The van der Waals surface area contributed by atoms with Gasteiger partial charge in [0.05, 0.1) is 20.4 Å². The highest BCUT2D eigenvalue weighted by Crippen LogP contribution is 2.36. The van der Waals surface area contributed by atoms with Crippen molar-refractivity contribution < 1.29 is 19.4 Å². The number of benzene rings is 1. The van der Waals surface area contributed by atoms with Gasteiger partial charge in [-0.3, -0.25) is 4.79 Å². The van der Waals surface area contributed by atoms with Crippen LogP contribution in [0, 0.1) is 0 Å². The molecule has 0 atom stereocenters. The fourth-order valence-corrected chi connectivity index (χ4v) is 2.55. The monoisotopic (exact) mass is 350 g/mol. The summed E-state index contributed by atoms with van der Waals surface area (Å²) >= 11 is 0. The summed E-state index contributed by atoms with van der Waals surface area (Å²) < 4.78 is 10.2. The molecule has 0 aliphatic carbocycles. The van der Waals surface area contributed by atoms with Gasteiger partial charge in [-0.15, -0.1) is 0 Å². The zero-order valence-electron chi connectivity index (χ0n) is 15.0. The van der Waals surface area contributed by atoms with Gasteiger partial charge in [0.25, 0.3) is 0 Å². The topological polar surface area (TPSA) is 86.6 Å². The molecule has 2 N–H and O–H groups in total. The van der Waals surface area contributed by atoms with Gasteiger partial charge in [0.15, 0.2) is 11.5 Å². The van der Waals surface area contributed by atoms with Crippen molar-refractivity contribution in [2.45, 2.75) is 6.42 Å². The lowest BCUT2D eigenvalue weighted by Crippen LogP contribution is -2.45. The summed E-state index contributed by atoms with van der Waals surface area (Å²) in [5.74, 6) is 0.357. The number of ether oxygens (including phenoxy) is 2. The van der Waals surface area contributed by atoms with Crippen molar-refractivity contribution >= 4 is 12.1 Å². The lowest BCUT2D eigenvalue weighted by atomic mass is 10.2. The third kappa shape index (κ3) is 5.61. The van der Waals surface area contributed by atoms with Crippen molar-refractivity contribution in [1.29, 1.82) is 0 Å². The number of rotatable bonds is 7. The summed E-state index contributed by atoms with van der Waals surface area (Å²) in [7, 11) is 5.01. The van der Waals surface area contributed by atoms with Crippen molar-refractivity contribution in [2.24, 2.45) is 5.10 Å². The van der Waals surface area contributed by atoms with E-state index in [0.29, 0.717) is 12.0 Å². The number of carbonyl (C=O) groups is 1. The Morgan fingerprint density at radius 2 is 1.84 bits per heavy atom. The first-order valence-corrected chi connectivity index (χ1v) is 8.21. The molecule has 1 fully saturated rings. The number of amides is 1. The second-order valence-corrected chi connectivity index (χ2v) is 5.96. The largest absolute Gasteiger partial charge is 0.502 e. The average molecular weight is 350 g/mol. The van der Waals surface area contributed by atoms with Crippen LogP contribution in [0.3, 0.4) is 0 Å². The summed E-state index contributed by atoms with van der Waals surface area (Å²) in [6, 6.07) is 3.22. The van der Waals surface area contributed by atoms with Crippen LogP contribution in [0.5, 0.6) is 17.2 Å². The second kappa shape index (κ2) is 9.24. The van der Waals surface area contributed by atoms with Crippen molar-refractivity contribution in [3.05, 3.63) is 17.7 Å². The van der Waals surface area contributed by atoms with Gasteiger partial charge in [-0.1, -0.05) is 0 Å². The minimum atomic E-state index is -0.132. The number of nitrogens with zero attached hydrogens (tertiary/aromatic N) is 3. The number of hydrogen-bond donors (Lipinski definition) is 2. The molecule has 0 bridgehead atoms. The van der Waals surface area contributed by atoms with E-state index in [-0.39, 0.29) is 23.2 Å². The summed E-state index contributed by atoms with van der Waals surface area (Å²) in [5, 5.41) is 13.8. The fraction of sp³-hybridized carbons (Fsp3) is 0.529. The SMILES string of the molecule is COc1cc(/C=N\NC(=O)CCN2CCN(C)CC2)cc(OC)c1O. The van der Waals surface area contributed by atoms with E-state index in [0.717, 1.165) is 32.7 Å². The maximum atomic E-state index is 11.9. The Labute approximate surface area is 148 Å². The van der Waals surface area contributed by atoms with Crippen LogP contribution < -0.4 is 14.9 Å². The first-order chi connectivity index (χ1) is 12.0. The predicted molar refractivity (Wildman–Crippen MR) is 95.5 cm³/mol. The van der Waals surface area contributed by atoms with Gasteiger partial charge in [-0.25, -0.2) is 5.43 Å². The van der Waals surface area contributed by atoms with Crippen molar-refractivity contribution in [3.63, 3.8) is 0 Å². The van der Waals surface area contributed by atoms with E-state index in [1.807, 2.05) is 0 Å². The summed E-state index contributed by atoms with van der Waals surface area (Å²) in [6.07, 6.45) is 1.89. The van der Waals surface area contributed by atoms with Crippen LogP contribution in [0.1, 0.15) is 12.0 Å². The zero-order valence-corrected chi connectivity index (χ0v) is 15.0. The normalized spacial score (nSPS) is 16.1. The third-order valence-electron chi connectivity index (χ3n) is 4.16. The standard InChI is InChI=1S/C17H26N4O4/c1-20-6-8-21(9-7-20)5-4-16(22)19-18-12-13-10-14(24-2)17(23)15(11-13)25-3/h10-12,23H,4-9H2,1-3H3,(H,19,22)/b18-12-. The molecule has 1 aliphatic heterocycles. The quantitative estimate of drug-likeness (QED) is 0.550. The average Bonchev–Trinajstić information content (AvgIpc) is 2.62. The highest BCUT2D eigenvalue weighted by molar-refractivity contribution is 5.84. The molecular weight excluding hydrogens is 324 g/mol. The molecule has 1 aliphatic rings. The van der Waals surface area contributed by atoms with Crippen LogP contribution >= 0.6 is 0 Å². The molecule has 0 saturated carbocycles. The van der Waals surface area contributed by atoms with E-state index in [1.54, 1.807) is 12.1 Å². The van der Waals surface area contributed by atoms with Crippen LogP contribution in [-0.4, -0.2) is 81.0 Å². The van der Waals surface area contributed by atoms with Gasteiger partial charge in [-0.2, -0.15) is 5.10 Å². The van der Waals surface area contributed by atoms with E-state index >= 15 is 0 Å². The second-order valence-electron chi connectivity index (χ2n) is 5.96. The number of hydrogen-bond acceptors (Lipinski definition) is 7. The van der Waals surface area contributed by atoms with Gasteiger partial charge < -0.3 is 24.4 Å². The summed E-state index contributed by atoms with van der Waals surface area (Å²) in [5.41, 5.74) is 3.16. The van der Waals surface area contributed by atoms with Crippen LogP contribution in [0.4, 0.5) is 0 Å². The number of piperazine rings is 1. The Morgan fingerprint density at radius 1 is 1.24 bits per heavy atom. The number of nitrogens with one attached hydrogen (secondary N) is 1. The van der Waals surface area contributed by atoms with Crippen LogP contribution in [-0.2, 0) is 4.79 Å². The molecule has 0 unspecified atom stereocenters. The molecule has 8 nitrogen and oxygen atoms in total. The van der Waals surface area contributed by atoms with E-state index < -0.39 is 0 Å². The minimum Gasteiger partial charge on any atom is -0.502 e. The van der Waals surface area contributed by atoms with Crippen molar-refractivity contribution in [3.8, 4) is 17.2 Å². The minimum absolute atomic E-state index is 0.0710. The molecule has 25 heavy (non-hydrogen) atoms. The molecule has 1 saturated heterocycles. The van der Waals surface area contributed by atoms with E-state index in [4.69, 9.17) is 9.47 Å². The Bertz CT molecular complexity index is 588. The molecule has 138 valence electrons. The number of aromatic hydroxyl groups is 1.